The summed E-state index contributed by atoms with van der Waals surface area (Å²) in [4.78, 5) is 38.8. The average molecular weight is 473 g/mol. The van der Waals surface area contributed by atoms with Crippen LogP contribution in [0.1, 0.15) is 37.6 Å². The molecule has 1 aliphatic heterocycles. The molecular weight excluding hydrogens is 444 g/mol. The van der Waals surface area contributed by atoms with Gasteiger partial charge in [0.2, 0.25) is 21.8 Å². The highest BCUT2D eigenvalue weighted by molar-refractivity contribution is 7.89. The molecule has 9 nitrogen and oxygen atoms in total. The molecule has 2 aromatic rings. The van der Waals surface area contributed by atoms with Crippen LogP contribution in [0.25, 0.3) is 0 Å². The first-order valence-corrected chi connectivity index (χ1v) is 12.2. The van der Waals surface area contributed by atoms with E-state index in [1.165, 1.54) is 24.3 Å². The van der Waals surface area contributed by atoms with E-state index < -0.39 is 15.9 Å². The molecule has 1 heterocycles. The Hall–Kier alpha value is -3.24. The van der Waals surface area contributed by atoms with Crippen LogP contribution in [0.2, 0.25) is 0 Å². The third-order valence-electron chi connectivity index (χ3n) is 5.32. The Morgan fingerprint density at radius 3 is 2.12 bits per heavy atom. The summed E-state index contributed by atoms with van der Waals surface area (Å²) in [5.41, 5.74) is 1.36. The summed E-state index contributed by atoms with van der Waals surface area (Å²) in [6.45, 7) is 6.21. The lowest BCUT2D eigenvalue weighted by Gasteiger charge is -2.20. The van der Waals surface area contributed by atoms with Crippen LogP contribution in [0.15, 0.2) is 53.4 Å². The van der Waals surface area contributed by atoms with Crippen molar-refractivity contribution in [1.82, 2.24) is 9.62 Å². The largest absolute Gasteiger partial charge is 0.339 e. The predicted molar refractivity (Wildman–Crippen MR) is 125 cm³/mol. The summed E-state index contributed by atoms with van der Waals surface area (Å²) in [6.07, 6.45) is 0.194. The van der Waals surface area contributed by atoms with E-state index in [2.05, 4.69) is 15.4 Å². The quantitative estimate of drug-likeness (QED) is 0.544. The van der Waals surface area contributed by atoms with Crippen LogP contribution in [0.5, 0.6) is 0 Å². The van der Waals surface area contributed by atoms with E-state index in [1.807, 2.05) is 13.8 Å². The fourth-order valence-electron chi connectivity index (χ4n) is 3.55. The van der Waals surface area contributed by atoms with Gasteiger partial charge in [-0.2, -0.15) is 0 Å². The van der Waals surface area contributed by atoms with Gasteiger partial charge < -0.3 is 15.5 Å². The van der Waals surface area contributed by atoms with E-state index in [9.17, 15) is 22.8 Å². The average Bonchev–Trinajstić information content (AvgIpc) is 3.17. The van der Waals surface area contributed by atoms with Gasteiger partial charge in [0, 0.05) is 42.5 Å². The highest BCUT2D eigenvalue weighted by Crippen LogP contribution is 2.22. The maximum atomic E-state index is 12.5. The number of hydrogen-bond donors (Lipinski definition) is 3. The van der Waals surface area contributed by atoms with Crippen molar-refractivity contribution in [3.63, 3.8) is 0 Å². The maximum Gasteiger partial charge on any atom is 0.255 e. The smallest absolute Gasteiger partial charge is 0.255 e. The first-order chi connectivity index (χ1) is 15.6. The summed E-state index contributed by atoms with van der Waals surface area (Å²) in [7, 11) is -3.56. The Bertz CT molecular complexity index is 1130. The number of sulfonamides is 1. The number of rotatable bonds is 8. The van der Waals surface area contributed by atoms with Gasteiger partial charge in [-0.1, -0.05) is 6.92 Å². The Balaban J connectivity index is 1.58. The number of nitrogens with zero attached hydrogens (tertiary/aromatic N) is 1. The molecule has 3 amide bonds. The summed E-state index contributed by atoms with van der Waals surface area (Å²) in [5, 5.41) is 5.51. The Labute approximate surface area is 193 Å². The second kappa shape index (κ2) is 10.1. The van der Waals surface area contributed by atoms with Gasteiger partial charge in [0.25, 0.3) is 5.91 Å². The normalized spacial score (nSPS) is 16.2. The molecule has 0 aromatic heterocycles. The standard InChI is InChI=1S/C23H28N4O5S/c1-4-24-33(31,32)20-11-9-19(10-12-20)25-22(29)16-5-7-18(8-6-16)26-23(30)17-13-21(28)27(14-17)15(2)3/h5-12,15,17,24H,4,13-14H2,1-3H3,(H,25,29)(H,26,30). The number of carbonyl (C=O) groups is 3. The van der Waals surface area contributed by atoms with Crippen molar-refractivity contribution >= 4 is 39.1 Å². The zero-order chi connectivity index (χ0) is 24.2. The molecule has 1 atom stereocenters. The molecule has 0 bridgehead atoms. The van der Waals surface area contributed by atoms with Gasteiger partial charge in [0.05, 0.1) is 10.8 Å². The van der Waals surface area contributed by atoms with Crippen LogP contribution in [0.3, 0.4) is 0 Å². The van der Waals surface area contributed by atoms with Gasteiger partial charge in [-0.05, 0) is 62.4 Å². The monoisotopic (exact) mass is 472 g/mol. The molecule has 1 aliphatic rings. The van der Waals surface area contributed by atoms with Gasteiger partial charge >= 0.3 is 0 Å². The van der Waals surface area contributed by atoms with E-state index in [1.54, 1.807) is 36.1 Å². The maximum absolute atomic E-state index is 12.5. The molecule has 3 rings (SSSR count). The molecule has 33 heavy (non-hydrogen) atoms. The fourth-order valence-corrected chi connectivity index (χ4v) is 4.59. The number of anilines is 2. The van der Waals surface area contributed by atoms with Crippen molar-refractivity contribution in [3.05, 3.63) is 54.1 Å². The lowest BCUT2D eigenvalue weighted by molar-refractivity contribution is -0.129. The van der Waals surface area contributed by atoms with Crippen LogP contribution in [-0.2, 0) is 19.6 Å². The Morgan fingerprint density at radius 2 is 1.58 bits per heavy atom. The highest BCUT2D eigenvalue weighted by atomic mass is 32.2. The predicted octanol–water partition coefficient (Wildman–Crippen LogP) is 2.43. The molecule has 1 saturated heterocycles. The van der Waals surface area contributed by atoms with Gasteiger partial charge in [0.1, 0.15) is 0 Å². The molecule has 1 unspecified atom stereocenters. The fraction of sp³-hybridized carbons (Fsp3) is 0.348. The summed E-state index contributed by atoms with van der Waals surface area (Å²) in [6, 6.07) is 12.3. The van der Waals surface area contributed by atoms with Crippen LogP contribution in [0.4, 0.5) is 11.4 Å². The summed E-state index contributed by atoms with van der Waals surface area (Å²) < 4.78 is 26.4. The van der Waals surface area contributed by atoms with E-state index in [-0.39, 0.29) is 41.6 Å². The minimum atomic E-state index is -3.56. The first kappa shape index (κ1) is 24.4. The molecule has 0 spiro atoms. The van der Waals surface area contributed by atoms with Crippen LogP contribution < -0.4 is 15.4 Å². The number of likely N-dealkylation sites (tertiary alicyclic amines) is 1. The van der Waals surface area contributed by atoms with Crippen LogP contribution in [-0.4, -0.2) is 50.2 Å². The van der Waals surface area contributed by atoms with Crippen LogP contribution >= 0.6 is 0 Å². The molecule has 2 aromatic carbocycles. The molecule has 0 radical (unpaired) electrons. The van der Waals surface area contributed by atoms with Gasteiger partial charge in [0.15, 0.2) is 0 Å². The molecule has 1 fully saturated rings. The van der Waals surface area contributed by atoms with E-state index in [4.69, 9.17) is 0 Å². The van der Waals surface area contributed by atoms with E-state index in [0.717, 1.165) is 0 Å². The third-order valence-corrected chi connectivity index (χ3v) is 6.89. The number of nitrogens with one attached hydrogen (secondary N) is 3. The molecule has 176 valence electrons. The molecule has 10 heteroatoms. The van der Waals surface area contributed by atoms with E-state index in [0.29, 0.717) is 23.5 Å². The van der Waals surface area contributed by atoms with Gasteiger partial charge in [-0.25, -0.2) is 13.1 Å². The Morgan fingerprint density at radius 1 is 1.00 bits per heavy atom. The highest BCUT2D eigenvalue weighted by Gasteiger charge is 2.35. The van der Waals surface area contributed by atoms with Crippen LogP contribution in [0, 0.1) is 5.92 Å². The van der Waals surface area contributed by atoms with Crippen molar-refractivity contribution in [3.8, 4) is 0 Å². The zero-order valence-corrected chi connectivity index (χ0v) is 19.6. The minimum absolute atomic E-state index is 0.0237. The number of benzene rings is 2. The first-order valence-electron chi connectivity index (χ1n) is 10.7. The van der Waals surface area contributed by atoms with Crippen molar-refractivity contribution < 1.29 is 22.8 Å². The number of amides is 3. The number of hydrogen-bond acceptors (Lipinski definition) is 5. The van der Waals surface area contributed by atoms with Crippen molar-refractivity contribution in [2.24, 2.45) is 5.92 Å². The Kier molecular flexibility index (Phi) is 7.50. The SMILES string of the molecule is CCNS(=O)(=O)c1ccc(NC(=O)c2ccc(NC(=O)C3CC(=O)N(C(C)C)C3)cc2)cc1. The van der Waals surface area contributed by atoms with Gasteiger partial charge in [-0.15, -0.1) is 0 Å². The molecule has 0 saturated carbocycles. The second-order valence-corrected chi connectivity index (χ2v) is 9.85. The van der Waals surface area contributed by atoms with Crippen molar-refractivity contribution in [1.29, 1.82) is 0 Å². The minimum Gasteiger partial charge on any atom is -0.339 e. The molecule has 0 aliphatic carbocycles. The lowest BCUT2D eigenvalue weighted by atomic mass is 10.1. The topological polar surface area (TPSA) is 125 Å². The summed E-state index contributed by atoms with van der Waals surface area (Å²) in [5.74, 6) is -1.02. The van der Waals surface area contributed by atoms with E-state index >= 15 is 0 Å². The second-order valence-electron chi connectivity index (χ2n) is 8.09. The zero-order valence-electron chi connectivity index (χ0n) is 18.8. The number of carbonyl (C=O) groups excluding carboxylic acids is 3. The molecule has 3 N–H and O–H groups in total. The van der Waals surface area contributed by atoms with Crippen molar-refractivity contribution in [2.75, 3.05) is 23.7 Å². The lowest BCUT2D eigenvalue weighted by Crippen LogP contribution is -2.33. The van der Waals surface area contributed by atoms with Gasteiger partial charge in [-0.3, -0.25) is 14.4 Å². The molecular formula is C23H28N4O5S. The third kappa shape index (κ3) is 5.96. The van der Waals surface area contributed by atoms with Crippen molar-refractivity contribution in [2.45, 2.75) is 38.1 Å². The summed E-state index contributed by atoms with van der Waals surface area (Å²) >= 11 is 0.